The number of phenolic OH excluding ortho intramolecular Hbond substituents is 1. The van der Waals surface area contributed by atoms with Gasteiger partial charge in [0.2, 0.25) is 0 Å². The van der Waals surface area contributed by atoms with Crippen LogP contribution in [0.25, 0.3) is 0 Å². The fraction of sp³-hybridized carbons (Fsp3) is 0.333. The van der Waals surface area contributed by atoms with Gasteiger partial charge in [-0.25, -0.2) is 5.43 Å². The summed E-state index contributed by atoms with van der Waals surface area (Å²) in [6, 6.07) is 14.1. The summed E-state index contributed by atoms with van der Waals surface area (Å²) >= 11 is 0. The summed E-state index contributed by atoms with van der Waals surface area (Å²) in [6.45, 7) is 4.43. The van der Waals surface area contributed by atoms with Crippen LogP contribution in [0.15, 0.2) is 47.6 Å². The number of phenols is 1. The smallest absolute Gasteiger partial charge is 0.254 e. The second kappa shape index (κ2) is 11.1. The number of amides is 2. The van der Waals surface area contributed by atoms with Gasteiger partial charge in [0.15, 0.2) is 0 Å². The molecule has 0 saturated carbocycles. The number of nitrogens with zero attached hydrogens (tertiary/aromatic N) is 4. The summed E-state index contributed by atoms with van der Waals surface area (Å²) in [4.78, 5) is 28.5. The largest absolute Gasteiger partial charge is 0.507 e. The van der Waals surface area contributed by atoms with Crippen LogP contribution in [-0.4, -0.2) is 65.7 Å². The second-order valence-corrected chi connectivity index (χ2v) is 7.66. The highest BCUT2D eigenvalue weighted by molar-refractivity contribution is 5.94. The Bertz CT molecular complexity index is 1020. The number of nitrogens with one attached hydrogen (secondary N) is 1. The number of nitriles is 1. The van der Waals surface area contributed by atoms with E-state index in [1.165, 1.54) is 6.21 Å². The average Bonchev–Trinajstić information content (AvgIpc) is 2.81. The molecule has 0 aliphatic carbocycles. The Morgan fingerprint density at radius 1 is 1.16 bits per heavy atom. The molecule has 8 nitrogen and oxygen atoms in total. The lowest BCUT2D eigenvalue weighted by atomic mass is 10.1. The van der Waals surface area contributed by atoms with Gasteiger partial charge in [-0.3, -0.25) is 14.5 Å². The minimum Gasteiger partial charge on any atom is -0.507 e. The van der Waals surface area contributed by atoms with Crippen molar-refractivity contribution in [3.8, 4) is 11.8 Å². The molecule has 2 amide bonds. The monoisotopic (exact) mass is 433 g/mol. The third-order valence-electron chi connectivity index (χ3n) is 5.35. The van der Waals surface area contributed by atoms with E-state index in [0.717, 1.165) is 18.4 Å². The van der Waals surface area contributed by atoms with E-state index in [-0.39, 0.29) is 24.1 Å². The maximum Gasteiger partial charge on any atom is 0.254 e. The zero-order valence-electron chi connectivity index (χ0n) is 18.1. The number of aromatic hydroxyl groups is 1. The van der Waals surface area contributed by atoms with Gasteiger partial charge < -0.3 is 10.0 Å². The minimum atomic E-state index is -0.252. The molecule has 0 radical (unpaired) electrons. The van der Waals surface area contributed by atoms with Crippen LogP contribution in [0.4, 0.5) is 0 Å². The van der Waals surface area contributed by atoms with Gasteiger partial charge in [0.05, 0.1) is 24.4 Å². The van der Waals surface area contributed by atoms with Crippen LogP contribution >= 0.6 is 0 Å². The topological polar surface area (TPSA) is 109 Å². The number of benzene rings is 2. The maximum absolute atomic E-state index is 12.6. The standard InChI is InChI=1S/C24H27N5O3/c1-2-4-19-5-3-6-21(23(19)31)16-26-27-22(30)17-28-11-13-29(14-12-28)24(32)20-9-7-18(15-25)8-10-20/h3,5-10,16,31H,2,4,11-14,17H2,1H3,(H,27,30)/b26-16-. The van der Waals surface area contributed by atoms with Crippen molar-refractivity contribution < 1.29 is 14.7 Å². The van der Waals surface area contributed by atoms with Crippen LogP contribution in [0, 0.1) is 11.3 Å². The van der Waals surface area contributed by atoms with E-state index in [9.17, 15) is 14.7 Å². The van der Waals surface area contributed by atoms with E-state index in [1.807, 2.05) is 30.0 Å². The van der Waals surface area contributed by atoms with Crippen molar-refractivity contribution in [2.45, 2.75) is 19.8 Å². The third kappa shape index (κ3) is 5.93. The number of carbonyl (C=O) groups is 2. The highest BCUT2D eigenvalue weighted by atomic mass is 16.3. The Labute approximate surface area is 187 Å². The molecule has 32 heavy (non-hydrogen) atoms. The zero-order chi connectivity index (χ0) is 22.9. The molecule has 1 aliphatic rings. The highest BCUT2D eigenvalue weighted by Gasteiger charge is 2.23. The fourth-order valence-electron chi connectivity index (χ4n) is 3.58. The van der Waals surface area contributed by atoms with Gasteiger partial charge in [0, 0.05) is 37.3 Å². The Kier molecular flexibility index (Phi) is 7.95. The summed E-state index contributed by atoms with van der Waals surface area (Å²) < 4.78 is 0. The second-order valence-electron chi connectivity index (χ2n) is 7.66. The number of piperazine rings is 1. The van der Waals surface area contributed by atoms with Crippen LogP contribution in [0.1, 0.15) is 40.4 Å². The number of hydrogen-bond donors (Lipinski definition) is 2. The van der Waals surface area contributed by atoms with Crippen molar-refractivity contribution in [1.29, 1.82) is 5.26 Å². The van der Waals surface area contributed by atoms with Crippen molar-refractivity contribution in [2.75, 3.05) is 32.7 Å². The summed E-state index contributed by atoms with van der Waals surface area (Å²) in [5, 5.41) is 23.1. The number of rotatable bonds is 7. The van der Waals surface area contributed by atoms with Crippen LogP contribution in [0.3, 0.4) is 0 Å². The normalized spacial score (nSPS) is 14.3. The molecule has 3 rings (SSSR count). The Morgan fingerprint density at radius 3 is 2.53 bits per heavy atom. The lowest BCUT2D eigenvalue weighted by molar-refractivity contribution is -0.122. The molecular formula is C24H27N5O3. The third-order valence-corrected chi connectivity index (χ3v) is 5.35. The van der Waals surface area contributed by atoms with Crippen molar-refractivity contribution in [3.05, 3.63) is 64.7 Å². The van der Waals surface area contributed by atoms with Crippen LogP contribution in [0.5, 0.6) is 5.75 Å². The van der Waals surface area contributed by atoms with Crippen molar-refractivity contribution in [3.63, 3.8) is 0 Å². The molecule has 1 heterocycles. The molecule has 0 unspecified atom stereocenters. The Hall–Kier alpha value is -3.70. The lowest BCUT2D eigenvalue weighted by Gasteiger charge is -2.34. The van der Waals surface area contributed by atoms with Crippen LogP contribution in [0.2, 0.25) is 0 Å². The van der Waals surface area contributed by atoms with E-state index in [2.05, 4.69) is 10.5 Å². The number of aryl methyl sites for hydroxylation is 1. The van der Waals surface area contributed by atoms with Crippen molar-refractivity contribution in [1.82, 2.24) is 15.2 Å². The van der Waals surface area contributed by atoms with Crippen molar-refractivity contribution in [2.24, 2.45) is 5.10 Å². The first-order chi connectivity index (χ1) is 15.5. The molecule has 1 aliphatic heterocycles. The summed E-state index contributed by atoms with van der Waals surface area (Å²) in [6.07, 6.45) is 3.15. The minimum absolute atomic E-state index is 0.0756. The lowest BCUT2D eigenvalue weighted by Crippen LogP contribution is -2.50. The molecular weight excluding hydrogens is 406 g/mol. The van der Waals surface area contributed by atoms with Gasteiger partial charge >= 0.3 is 0 Å². The molecule has 0 spiro atoms. The number of hydrogen-bond acceptors (Lipinski definition) is 6. The molecule has 166 valence electrons. The van der Waals surface area contributed by atoms with Crippen LogP contribution < -0.4 is 5.43 Å². The van der Waals surface area contributed by atoms with Gasteiger partial charge in [-0.05, 0) is 42.3 Å². The first-order valence-corrected chi connectivity index (χ1v) is 10.7. The summed E-state index contributed by atoms with van der Waals surface area (Å²) in [7, 11) is 0. The summed E-state index contributed by atoms with van der Waals surface area (Å²) in [5.74, 6) is -0.138. The number of carbonyl (C=O) groups excluding carboxylic acids is 2. The highest BCUT2D eigenvalue weighted by Crippen LogP contribution is 2.22. The molecule has 1 fully saturated rings. The van der Waals surface area contributed by atoms with Gasteiger partial charge in [0.25, 0.3) is 11.8 Å². The molecule has 2 aromatic carbocycles. The van der Waals surface area contributed by atoms with E-state index in [1.54, 1.807) is 35.2 Å². The summed E-state index contributed by atoms with van der Waals surface area (Å²) in [5.41, 5.74) is 4.99. The van der Waals surface area contributed by atoms with E-state index in [4.69, 9.17) is 5.26 Å². The molecule has 0 aromatic heterocycles. The first kappa shape index (κ1) is 23.0. The zero-order valence-corrected chi connectivity index (χ0v) is 18.1. The average molecular weight is 434 g/mol. The van der Waals surface area contributed by atoms with Crippen molar-refractivity contribution >= 4 is 18.0 Å². The van der Waals surface area contributed by atoms with Gasteiger partial charge in [-0.1, -0.05) is 25.5 Å². The molecule has 2 N–H and O–H groups in total. The van der Waals surface area contributed by atoms with E-state index in [0.29, 0.717) is 42.9 Å². The molecule has 0 bridgehead atoms. The molecule has 0 atom stereocenters. The number of hydrazone groups is 1. The van der Waals surface area contributed by atoms with Crippen LogP contribution in [-0.2, 0) is 11.2 Å². The fourth-order valence-corrected chi connectivity index (χ4v) is 3.58. The Morgan fingerprint density at radius 2 is 1.88 bits per heavy atom. The number of para-hydroxylation sites is 1. The molecule has 2 aromatic rings. The first-order valence-electron chi connectivity index (χ1n) is 10.7. The Balaban J connectivity index is 1.45. The predicted molar refractivity (Wildman–Crippen MR) is 121 cm³/mol. The van der Waals surface area contributed by atoms with Gasteiger partial charge in [-0.2, -0.15) is 10.4 Å². The molecule has 1 saturated heterocycles. The predicted octanol–water partition coefficient (Wildman–Crippen LogP) is 2.12. The van der Waals surface area contributed by atoms with E-state index >= 15 is 0 Å². The molecule has 8 heteroatoms. The quantitative estimate of drug-likeness (QED) is 0.514. The van der Waals surface area contributed by atoms with E-state index < -0.39 is 0 Å². The van der Waals surface area contributed by atoms with Gasteiger partial charge in [0.1, 0.15) is 5.75 Å². The van der Waals surface area contributed by atoms with Gasteiger partial charge in [-0.15, -0.1) is 0 Å². The maximum atomic E-state index is 12.6. The SMILES string of the molecule is CCCc1cccc(/C=N\NC(=O)CN2CCN(C(=O)c3ccc(C#N)cc3)CC2)c1O.